The molecule has 66 valence electrons. The van der Waals surface area contributed by atoms with Crippen LogP contribution >= 0.6 is 12.2 Å². The molecule has 1 rings (SSSR count). The molecule has 0 atom stereocenters. The Balaban J connectivity index is 3.49. The van der Waals surface area contributed by atoms with Crippen molar-refractivity contribution >= 4 is 12.2 Å². The van der Waals surface area contributed by atoms with Gasteiger partial charge in [-0.15, -0.1) is 0 Å². The molecule has 0 bridgehead atoms. The molecule has 0 radical (unpaired) electrons. The van der Waals surface area contributed by atoms with E-state index in [4.69, 9.17) is 12.2 Å². The molecular weight excluding hydrogens is 172 g/mol. The summed E-state index contributed by atoms with van der Waals surface area (Å²) in [7, 11) is 0. The largest absolute Gasteiger partial charge is 0.336 e. The summed E-state index contributed by atoms with van der Waals surface area (Å²) in [6.45, 7) is 5.82. The van der Waals surface area contributed by atoms with Gasteiger partial charge in [-0.3, -0.25) is 9.78 Å². The van der Waals surface area contributed by atoms with Gasteiger partial charge in [0.1, 0.15) is 0 Å². The van der Waals surface area contributed by atoms with Crippen LogP contribution in [0.15, 0.2) is 4.79 Å². The highest BCUT2D eigenvalue weighted by molar-refractivity contribution is 7.71. The van der Waals surface area contributed by atoms with E-state index in [1.54, 1.807) is 0 Å². The van der Waals surface area contributed by atoms with Gasteiger partial charge >= 0.3 is 0 Å². The number of hydrogen-bond donors (Lipinski definition) is 2. The summed E-state index contributed by atoms with van der Waals surface area (Å²) in [5.74, 6) is 0.223. The summed E-state index contributed by atoms with van der Waals surface area (Å²) in [5, 5.41) is 0. The van der Waals surface area contributed by atoms with E-state index in [2.05, 4.69) is 9.97 Å². The maximum Gasteiger partial charge on any atom is 0.255 e. The van der Waals surface area contributed by atoms with Crippen molar-refractivity contribution in [2.75, 3.05) is 0 Å². The molecule has 0 saturated carbocycles. The fourth-order valence-corrected chi connectivity index (χ4v) is 1.55. The first-order valence-corrected chi connectivity index (χ1v) is 4.26. The van der Waals surface area contributed by atoms with E-state index in [-0.39, 0.29) is 11.5 Å². The minimum absolute atomic E-state index is 0.0775. The number of aromatic nitrogens is 2. The predicted molar refractivity (Wildman–Crippen MR) is 51.1 cm³/mol. The van der Waals surface area contributed by atoms with Gasteiger partial charge in [0.25, 0.3) is 5.56 Å². The smallest absolute Gasteiger partial charge is 0.255 e. The molecular formula is C8H12N2OS. The lowest BCUT2D eigenvalue weighted by molar-refractivity contribution is 0.808. The molecule has 2 N–H and O–H groups in total. The molecule has 1 aromatic rings. The Morgan fingerprint density at radius 2 is 1.92 bits per heavy atom. The fourth-order valence-electron chi connectivity index (χ4n) is 1.30. The van der Waals surface area contributed by atoms with Gasteiger partial charge in [0, 0.05) is 11.3 Å². The molecule has 1 aromatic heterocycles. The van der Waals surface area contributed by atoms with Crippen molar-refractivity contribution in [1.82, 2.24) is 9.97 Å². The third-order valence-electron chi connectivity index (χ3n) is 1.75. The zero-order valence-electron chi connectivity index (χ0n) is 7.39. The molecule has 0 unspecified atom stereocenters. The van der Waals surface area contributed by atoms with Crippen molar-refractivity contribution in [2.24, 2.45) is 0 Å². The van der Waals surface area contributed by atoms with E-state index in [0.717, 1.165) is 11.3 Å². The van der Waals surface area contributed by atoms with Crippen LogP contribution in [0.1, 0.15) is 31.0 Å². The van der Waals surface area contributed by atoms with Gasteiger partial charge in [0.05, 0.1) is 0 Å². The van der Waals surface area contributed by atoms with E-state index in [1.165, 1.54) is 0 Å². The molecule has 0 saturated heterocycles. The molecule has 0 spiro atoms. The molecule has 0 aliphatic rings. The fraction of sp³-hybridized carbons (Fsp3) is 0.500. The number of nitrogens with one attached hydrogen (secondary N) is 2. The SMILES string of the molecule is Cc1[nH]c(=S)[nH]c(=O)c1C(C)C. The zero-order chi connectivity index (χ0) is 9.30. The molecule has 1 heterocycles. The van der Waals surface area contributed by atoms with E-state index in [9.17, 15) is 4.79 Å². The average molecular weight is 184 g/mol. The standard InChI is InChI=1S/C8H12N2OS/c1-4(2)6-5(3)9-8(12)10-7(6)11/h4H,1-3H3,(H2,9,10,11,12). The van der Waals surface area contributed by atoms with Gasteiger partial charge < -0.3 is 4.98 Å². The van der Waals surface area contributed by atoms with E-state index in [0.29, 0.717) is 4.77 Å². The van der Waals surface area contributed by atoms with Crippen LogP contribution in [0, 0.1) is 11.7 Å². The highest BCUT2D eigenvalue weighted by Crippen LogP contribution is 2.10. The van der Waals surface area contributed by atoms with Crippen LogP contribution in [0.5, 0.6) is 0 Å². The number of aromatic amines is 2. The van der Waals surface area contributed by atoms with Crippen molar-refractivity contribution in [3.05, 3.63) is 26.4 Å². The first kappa shape index (κ1) is 9.19. The lowest BCUT2D eigenvalue weighted by Gasteiger charge is -2.06. The monoisotopic (exact) mass is 184 g/mol. The van der Waals surface area contributed by atoms with Gasteiger partial charge in [-0.25, -0.2) is 0 Å². The van der Waals surface area contributed by atoms with Crippen LogP contribution in [-0.4, -0.2) is 9.97 Å². The maximum atomic E-state index is 11.4. The van der Waals surface area contributed by atoms with Gasteiger partial charge in [-0.05, 0) is 25.1 Å². The summed E-state index contributed by atoms with van der Waals surface area (Å²) in [6, 6.07) is 0. The molecule has 0 fully saturated rings. The zero-order valence-corrected chi connectivity index (χ0v) is 8.21. The Morgan fingerprint density at radius 3 is 2.33 bits per heavy atom. The van der Waals surface area contributed by atoms with E-state index in [1.807, 2.05) is 20.8 Å². The third kappa shape index (κ3) is 1.64. The minimum Gasteiger partial charge on any atom is -0.336 e. The minimum atomic E-state index is -0.0775. The summed E-state index contributed by atoms with van der Waals surface area (Å²) in [4.78, 5) is 16.8. The average Bonchev–Trinajstić information content (AvgIpc) is 1.82. The summed E-state index contributed by atoms with van der Waals surface area (Å²) in [6.07, 6.45) is 0. The quantitative estimate of drug-likeness (QED) is 0.654. The third-order valence-corrected chi connectivity index (χ3v) is 1.96. The highest BCUT2D eigenvalue weighted by atomic mass is 32.1. The van der Waals surface area contributed by atoms with Crippen LogP contribution in [0.25, 0.3) is 0 Å². The number of rotatable bonds is 1. The molecule has 0 amide bonds. The van der Waals surface area contributed by atoms with Gasteiger partial charge in [-0.2, -0.15) is 0 Å². The molecule has 3 nitrogen and oxygen atoms in total. The Labute approximate surface area is 75.9 Å². The molecule has 0 aliphatic heterocycles. The second-order valence-corrected chi connectivity index (χ2v) is 3.51. The van der Waals surface area contributed by atoms with Crippen molar-refractivity contribution < 1.29 is 0 Å². The lowest BCUT2D eigenvalue weighted by atomic mass is 10.0. The van der Waals surface area contributed by atoms with Crippen molar-refractivity contribution in [3.8, 4) is 0 Å². The van der Waals surface area contributed by atoms with Crippen molar-refractivity contribution in [3.63, 3.8) is 0 Å². The van der Waals surface area contributed by atoms with Gasteiger partial charge in [-0.1, -0.05) is 13.8 Å². The Hall–Kier alpha value is -0.900. The second kappa shape index (κ2) is 3.23. The summed E-state index contributed by atoms with van der Waals surface area (Å²) >= 11 is 4.82. The Morgan fingerprint density at radius 1 is 1.33 bits per heavy atom. The van der Waals surface area contributed by atoms with Crippen LogP contribution in [0.3, 0.4) is 0 Å². The normalized spacial score (nSPS) is 10.7. The summed E-state index contributed by atoms with van der Waals surface area (Å²) < 4.78 is 0.391. The first-order valence-electron chi connectivity index (χ1n) is 3.85. The number of hydrogen-bond acceptors (Lipinski definition) is 2. The Bertz CT molecular complexity index is 389. The molecule has 0 aromatic carbocycles. The first-order chi connectivity index (χ1) is 5.52. The van der Waals surface area contributed by atoms with Crippen LogP contribution in [0.4, 0.5) is 0 Å². The lowest BCUT2D eigenvalue weighted by Crippen LogP contribution is -2.17. The topological polar surface area (TPSA) is 48.6 Å². The molecule has 12 heavy (non-hydrogen) atoms. The van der Waals surface area contributed by atoms with Crippen LogP contribution in [-0.2, 0) is 0 Å². The number of H-pyrrole nitrogens is 2. The van der Waals surface area contributed by atoms with Crippen LogP contribution in [0.2, 0.25) is 0 Å². The van der Waals surface area contributed by atoms with Gasteiger partial charge in [0.2, 0.25) is 0 Å². The van der Waals surface area contributed by atoms with Gasteiger partial charge in [0.15, 0.2) is 4.77 Å². The van der Waals surface area contributed by atoms with E-state index >= 15 is 0 Å². The summed E-state index contributed by atoms with van der Waals surface area (Å²) in [5.41, 5.74) is 1.56. The highest BCUT2D eigenvalue weighted by Gasteiger charge is 2.07. The maximum absolute atomic E-state index is 11.4. The number of aryl methyl sites for hydroxylation is 1. The predicted octanol–water partition coefficient (Wildman–Crippen LogP) is 1.86. The van der Waals surface area contributed by atoms with E-state index < -0.39 is 0 Å². The molecule has 4 heteroatoms. The second-order valence-electron chi connectivity index (χ2n) is 3.10. The molecule has 0 aliphatic carbocycles. The van der Waals surface area contributed by atoms with Crippen molar-refractivity contribution in [2.45, 2.75) is 26.7 Å². The van der Waals surface area contributed by atoms with Crippen LogP contribution < -0.4 is 5.56 Å². The Kier molecular flexibility index (Phi) is 2.47. The van der Waals surface area contributed by atoms with Crippen molar-refractivity contribution in [1.29, 1.82) is 0 Å².